The Hall–Kier alpha value is -3.90. The Morgan fingerprint density at radius 2 is 1.68 bits per heavy atom. The Morgan fingerprint density at radius 3 is 2.37 bits per heavy atom. The van der Waals surface area contributed by atoms with Gasteiger partial charge in [0.25, 0.3) is 21.1 Å². The smallest absolute Gasteiger partial charge is 0.273 e. The highest BCUT2D eigenvalue weighted by Crippen LogP contribution is 2.37. The zero-order valence-corrected chi connectivity index (χ0v) is 23.0. The SMILES string of the molecule is COc1cccc(Oc2c(NS(=O)(=O)c3ccc(C(C)(C)C)cc3)ncnc2OCCOc2nccs2)c1. The zero-order chi connectivity index (χ0) is 27.2. The Kier molecular flexibility index (Phi) is 8.32. The summed E-state index contributed by atoms with van der Waals surface area (Å²) >= 11 is 1.36. The minimum Gasteiger partial charge on any atom is -0.497 e. The first-order chi connectivity index (χ1) is 18.2. The molecular weight excluding hydrogens is 528 g/mol. The Morgan fingerprint density at radius 1 is 0.947 bits per heavy atom. The molecule has 0 atom stereocenters. The van der Waals surface area contributed by atoms with Gasteiger partial charge in [-0.05, 0) is 35.2 Å². The van der Waals surface area contributed by atoms with Gasteiger partial charge in [0.05, 0.1) is 12.0 Å². The third-order valence-electron chi connectivity index (χ3n) is 5.25. The van der Waals surface area contributed by atoms with Gasteiger partial charge in [0.15, 0.2) is 5.82 Å². The number of thiazole rings is 1. The molecule has 0 aliphatic rings. The molecule has 0 radical (unpaired) electrons. The van der Waals surface area contributed by atoms with Gasteiger partial charge >= 0.3 is 0 Å². The lowest BCUT2D eigenvalue weighted by molar-refractivity contribution is 0.206. The Bertz CT molecular complexity index is 1450. The van der Waals surface area contributed by atoms with Crippen LogP contribution in [0.1, 0.15) is 26.3 Å². The van der Waals surface area contributed by atoms with Crippen LogP contribution in [0.25, 0.3) is 0 Å². The summed E-state index contributed by atoms with van der Waals surface area (Å²) in [6, 6.07) is 13.5. The molecule has 0 aliphatic heterocycles. The average molecular weight is 557 g/mol. The lowest BCUT2D eigenvalue weighted by Gasteiger charge is -2.19. The van der Waals surface area contributed by atoms with E-state index in [-0.39, 0.29) is 41.0 Å². The molecule has 2 aromatic carbocycles. The van der Waals surface area contributed by atoms with Gasteiger partial charge in [-0.1, -0.05) is 50.3 Å². The van der Waals surface area contributed by atoms with E-state index in [9.17, 15) is 8.42 Å². The first-order valence-corrected chi connectivity index (χ1v) is 14.0. The predicted octanol–water partition coefficient (Wildman–Crippen LogP) is 5.29. The van der Waals surface area contributed by atoms with E-state index in [0.717, 1.165) is 5.56 Å². The van der Waals surface area contributed by atoms with Crippen molar-refractivity contribution in [1.82, 2.24) is 15.0 Å². The Balaban J connectivity index is 1.61. The molecule has 0 spiro atoms. The van der Waals surface area contributed by atoms with E-state index in [2.05, 4.69) is 40.4 Å². The molecule has 0 aliphatic carbocycles. The summed E-state index contributed by atoms with van der Waals surface area (Å²) in [5.41, 5.74) is 0.895. The normalized spacial score (nSPS) is 11.6. The van der Waals surface area contributed by atoms with Crippen LogP contribution in [-0.2, 0) is 15.4 Å². The summed E-state index contributed by atoms with van der Waals surface area (Å²) in [7, 11) is -2.47. The van der Waals surface area contributed by atoms with Crippen LogP contribution in [0.4, 0.5) is 5.82 Å². The van der Waals surface area contributed by atoms with Gasteiger partial charge in [-0.15, -0.1) is 0 Å². The highest BCUT2D eigenvalue weighted by molar-refractivity contribution is 7.92. The van der Waals surface area contributed by atoms with Crippen molar-refractivity contribution in [1.29, 1.82) is 0 Å². The van der Waals surface area contributed by atoms with E-state index in [1.807, 2.05) is 0 Å². The number of ether oxygens (including phenoxy) is 4. The topological polar surface area (TPSA) is 122 Å². The maximum atomic E-state index is 13.3. The summed E-state index contributed by atoms with van der Waals surface area (Å²) in [6.45, 7) is 6.47. The molecule has 1 N–H and O–H groups in total. The van der Waals surface area contributed by atoms with Crippen LogP contribution < -0.4 is 23.7 Å². The predicted molar refractivity (Wildman–Crippen MR) is 144 cm³/mol. The number of methoxy groups -OCH3 is 1. The van der Waals surface area contributed by atoms with Crippen molar-refractivity contribution in [2.24, 2.45) is 0 Å². The first kappa shape index (κ1) is 27.1. The van der Waals surface area contributed by atoms with Crippen LogP contribution in [0.15, 0.2) is 71.3 Å². The number of hydrogen-bond donors (Lipinski definition) is 1. The first-order valence-electron chi connectivity index (χ1n) is 11.6. The maximum Gasteiger partial charge on any atom is 0.273 e. The van der Waals surface area contributed by atoms with Crippen LogP contribution in [0.5, 0.6) is 28.3 Å². The molecule has 0 saturated heterocycles. The van der Waals surface area contributed by atoms with Gasteiger partial charge in [-0.2, -0.15) is 4.98 Å². The van der Waals surface area contributed by atoms with E-state index >= 15 is 0 Å². The summed E-state index contributed by atoms with van der Waals surface area (Å²) in [4.78, 5) is 12.4. The zero-order valence-electron chi connectivity index (χ0n) is 21.4. The van der Waals surface area contributed by atoms with Crippen LogP contribution >= 0.6 is 11.3 Å². The largest absolute Gasteiger partial charge is 0.497 e. The molecule has 2 aromatic heterocycles. The number of sulfonamides is 1. The number of aromatic nitrogens is 3. The van der Waals surface area contributed by atoms with Crippen molar-refractivity contribution in [3.8, 4) is 28.3 Å². The van der Waals surface area contributed by atoms with Crippen molar-refractivity contribution in [2.45, 2.75) is 31.1 Å². The number of hydrogen-bond acceptors (Lipinski definition) is 10. The van der Waals surface area contributed by atoms with Crippen molar-refractivity contribution in [2.75, 3.05) is 25.0 Å². The third-order valence-corrected chi connectivity index (χ3v) is 7.29. The highest BCUT2D eigenvalue weighted by atomic mass is 32.2. The molecule has 200 valence electrons. The van der Waals surface area contributed by atoms with E-state index in [0.29, 0.717) is 16.7 Å². The summed E-state index contributed by atoms with van der Waals surface area (Å²) in [5.74, 6) is 0.868. The molecule has 0 bridgehead atoms. The molecule has 0 saturated carbocycles. The van der Waals surface area contributed by atoms with Crippen molar-refractivity contribution in [3.05, 3.63) is 72.0 Å². The molecule has 4 aromatic rings. The second kappa shape index (κ2) is 11.7. The number of anilines is 1. The minimum atomic E-state index is -4.01. The minimum absolute atomic E-state index is 0.00936. The number of benzene rings is 2. The molecule has 38 heavy (non-hydrogen) atoms. The van der Waals surface area contributed by atoms with Gasteiger partial charge in [-0.3, -0.25) is 4.72 Å². The van der Waals surface area contributed by atoms with Gasteiger partial charge in [0.1, 0.15) is 31.0 Å². The molecule has 0 unspecified atom stereocenters. The van der Waals surface area contributed by atoms with Crippen LogP contribution in [0.2, 0.25) is 0 Å². The van der Waals surface area contributed by atoms with E-state index in [1.165, 1.54) is 24.8 Å². The second-order valence-corrected chi connectivity index (χ2v) is 11.6. The van der Waals surface area contributed by atoms with Gasteiger partial charge < -0.3 is 18.9 Å². The fourth-order valence-corrected chi connectivity index (χ4v) is 4.80. The molecule has 4 rings (SSSR count). The van der Waals surface area contributed by atoms with Crippen LogP contribution in [-0.4, -0.2) is 43.7 Å². The molecular formula is C26H28N4O6S2. The quantitative estimate of drug-likeness (QED) is 0.246. The van der Waals surface area contributed by atoms with Crippen molar-refractivity contribution in [3.63, 3.8) is 0 Å². The molecule has 2 heterocycles. The summed E-state index contributed by atoms with van der Waals surface area (Å²) in [5, 5.41) is 2.31. The third kappa shape index (κ3) is 6.90. The van der Waals surface area contributed by atoms with Gasteiger partial charge in [-0.25, -0.2) is 18.4 Å². The van der Waals surface area contributed by atoms with Crippen LogP contribution in [0.3, 0.4) is 0 Å². The fraction of sp³-hybridized carbons (Fsp3) is 0.269. The monoisotopic (exact) mass is 556 g/mol. The highest BCUT2D eigenvalue weighted by Gasteiger charge is 2.23. The lowest BCUT2D eigenvalue weighted by atomic mass is 9.87. The molecule has 0 amide bonds. The fourth-order valence-electron chi connectivity index (χ4n) is 3.28. The summed E-state index contributed by atoms with van der Waals surface area (Å²) in [6.07, 6.45) is 2.83. The standard InChI is InChI=1S/C26H28N4O6S2/c1-26(2,3)18-8-10-21(11-9-18)38(31,32)30-23-22(36-20-7-5-6-19(16-20)33-4)24(29-17-28-23)34-13-14-35-25-27-12-15-37-25/h5-12,15-17H,13-14H2,1-4H3,(H,28,29,30). The van der Waals surface area contributed by atoms with Crippen molar-refractivity contribution >= 4 is 27.2 Å². The molecule has 10 nitrogen and oxygen atoms in total. The van der Waals surface area contributed by atoms with Crippen LogP contribution in [0, 0.1) is 0 Å². The molecule has 12 heteroatoms. The Labute approximate surface area is 225 Å². The number of rotatable bonds is 11. The molecule has 0 fully saturated rings. The number of nitrogens with zero attached hydrogens (tertiary/aromatic N) is 3. The number of nitrogens with one attached hydrogen (secondary N) is 1. The lowest BCUT2D eigenvalue weighted by Crippen LogP contribution is -2.17. The average Bonchev–Trinajstić information content (AvgIpc) is 3.41. The van der Waals surface area contributed by atoms with E-state index in [4.69, 9.17) is 18.9 Å². The summed E-state index contributed by atoms with van der Waals surface area (Å²) < 4.78 is 51.6. The second-order valence-electron chi connectivity index (χ2n) is 9.01. The van der Waals surface area contributed by atoms with Gasteiger partial charge in [0, 0.05) is 17.6 Å². The maximum absolute atomic E-state index is 13.3. The van der Waals surface area contributed by atoms with E-state index in [1.54, 1.807) is 60.1 Å². The van der Waals surface area contributed by atoms with Crippen molar-refractivity contribution < 1.29 is 27.4 Å². The van der Waals surface area contributed by atoms with Gasteiger partial charge in [0.2, 0.25) is 5.75 Å². The van der Waals surface area contributed by atoms with E-state index < -0.39 is 10.0 Å².